The zero-order valence-corrected chi connectivity index (χ0v) is 22.5. The van der Waals surface area contributed by atoms with Crippen LogP contribution in [0.5, 0.6) is 5.75 Å². The van der Waals surface area contributed by atoms with E-state index in [1.165, 1.54) is 68.9 Å². The van der Waals surface area contributed by atoms with Crippen molar-refractivity contribution in [1.29, 1.82) is 0 Å². The van der Waals surface area contributed by atoms with Gasteiger partial charge in [0.2, 0.25) is 0 Å². The number of quaternary nitrogens is 1. The van der Waals surface area contributed by atoms with Gasteiger partial charge in [-0.05, 0) is 24.5 Å². The lowest BCUT2D eigenvalue weighted by atomic mass is 10.0. The molecule has 0 saturated heterocycles. The van der Waals surface area contributed by atoms with Gasteiger partial charge >= 0.3 is 5.97 Å². The van der Waals surface area contributed by atoms with Crippen LogP contribution in [0.15, 0.2) is 54.6 Å². The minimum absolute atomic E-state index is 0.156. The lowest BCUT2D eigenvalue weighted by Gasteiger charge is -2.28. The molecule has 2 aromatic rings. The van der Waals surface area contributed by atoms with Gasteiger partial charge in [0, 0.05) is 12.0 Å². The number of hydrogen-bond donors (Lipinski definition) is 0. The molecular formula is C31H48NO3+. The molecule has 0 bridgehead atoms. The molecule has 4 heteroatoms. The van der Waals surface area contributed by atoms with Gasteiger partial charge in [-0.2, -0.15) is 0 Å². The summed E-state index contributed by atoms with van der Waals surface area (Å²) in [6, 6.07) is 18.6. The molecule has 0 aliphatic heterocycles. The van der Waals surface area contributed by atoms with E-state index in [0.29, 0.717) is 30.7 Å². The van der Waals surface area contributed by atoms with Crippen molar-refractivity contribution in [2.24, 2.45) is 0 Å². The third-order valence-electron chi connectivity index (χ3n) is 6.34. The average Bonchev–Trinajstić information content (AvgIpc) is 2.83. The molecule has 0 unspecified atom stereocenters. The van der Waals surface area contributed by atoms with Gasteiger partial charge in [-0.25, -0.2) is 4.79 Å². The van der Waals surface area contributed by atoms with Crippen LogP contribution >= 0.6 is 0 Å². The van der Waals surface area contributed by atoms with Crippen molar-refractivity contribution in [3.05, 3.63) is 65.7 Å². The molecule has 0 spiro atoms. The lowest BCUT2D eigenvalue weighted by molar-refractivity contribution is -0.896. The van der Waals surface area contributed by atoms with Crippen molar-refractivity contribution in [3.8, 4) is 5.75 Å². The summed E-state index contributed by atoms with van der Waals surface area (Å²) in [5.41, 5.74) is 2.51. The number of ether oxygens (including phenoxy) is 2. The number of para-hydroxylation sites is 1. The Labute approximate surface area is 214 Å². The number of rotatable bonds is 19. The zero-order valence-electron chi connectivity index (χ0n) is 22.5. The Morgan fingerprint density at radius 3 is 2.09 bits per heavy atom. The second-order valence-corrected chi connectivity index (χ2v) is 10.3. The highest BCUT2D eigenvalue weighted by molar-refractivity contribution is 5.70. The lowest BCUT2D eigenvalue weighted by Crippen LogP contribution is -2.43. The number of esters is 1. The van der Waals surface area contributed by atoms with E-state index >= 15 is 0 Å². The summed E-state index contributed by atoms with van der Waals surface area (Å²) in [6.07, 6.45) is 13.8. The van der Waals surface area contributed by atoms with Crippen molar-refractivity contribution in [2.45, 2.75) is 84.1 Å². The van der Waals surface area contributed by atoms with Gasteiger partial charge < -0.3 is 14.0 Å². The van der Waals surface area contributed by atoms with E-state index in [-0.39, 0.29) is 5.97 Å². The molecule has 35 heavy (non-hydrogen) atoms. The number of benzene rings is 2. The van der Waals surface area contributed by atoms with Crippen molar-refractivity contribution >= 4 is 5.97 Å². The number of aryl methyl sites for hydroxylation is 1. The number of likely N-dealkylation sites (N-methyl/N-ethyl adjacent to an activating group) is 1. The van der Waals surface area contributed by atoms with E-state index in [4.69, 9.17) is 9.47 Å². The van der Waals surface area contributed by atoms with Crippen molar-refractivity contribution in [1.82, 2.24) is 0 Å². The SMILES string of the molecule is CCCCCCCCCCCc1ccccc1OCCCOC(=O)C[N+](C)(C)Cc1ccccc1. The Balaban J connectivity index is 1.58. The molecule has 2 rings (SSSR count). The molecule has 0 aliphatic rings. The zero-order chi connectivity index (χ0) is 25.2. The van der Waals surface area contributed by atoms with Gasteiger partial charge in [0.25, 0.3) is 0 Å². The van der Waals surface area contributed by atoms with E-state index in [2.05, 4.69) is 51.4 Å². The summed E-state index contributed by atoms with van der Waals surface area (Å²) in [7, 11) is 4.11. The molecule has 0 radical (unpaired) electrons. The fourth-order valence-corrected chi connectivity index (χ4v) is 4.43. The third kappa shape index (κ3) is 13.4. The van der Waals surface area contributed by atoms with Crippen molar-refractivity contribution in [3.63, 3.8) is 0 Å². The molecule has 194 valence electrons. The van der Waals surface area contributed by atoms with Gasteiger partial charge in [0.1, 0.15) is 12.3 Å². The van der Waals surface area contributed by atoms with Gasteiger partial charge in [-0.15, -0.1) is 0 Å². The number of nitrogens with zero attached hydrogens (tertiary/aromatic N) is 1. The first-order chi connectivity index (χ1) is 17.0. The van der Waals surface area contributed by atoms with Crippen LogP contribution in [0, 0.1) is 0 Å². The minimum Gasteiger partial charge on any atom is -0.493 e. The highest BCUT2D eigenvalue weighted by atomic mass is 16.5. The standard InChI is InChI=1S/C31H48NO3/c1-4-5-6-7-8-9-10-11-15-21-29-22-16-17-23-30(29)34-24-18-25-35-31(33)27-32(2,3)26-28-19-13-12-14-20-28/h12-14,16-17,19-20,22-23H,4-11,15,18,21,24-27H2,1-3H3/q+1. The predicted molar refractivity (Wildman–Crippen MR) is 146 cm³/mol. The highest BCUT2D eigenvalue weighted by Gasteiger charge is 2.21. The first kappa shape index (κ1) is 28.9. The first-order valence-electron chi connectivity index (χ1n) is 13.7. The highest BCUT2D eigenvalue weighted by Crippen LogP contribution is 2.21. The third-order valence-corrected chi connectivity index (χ3v) is 6.34. The van der Waals surface area contributed by atoms with Crippen molar-refractivity contribution < 1.29 is 18.8 Å². The van der Waals surface area contributed by atoms with Crippen LogP contribution in [0.2, 0.25) is 0 Å². The van der Waals surface area contributed by atoms with Crippen LogP contribution < -0.4 is 4.74 Å². The molecule has 0 fully saturated rings. The van der Waals surface area contributed by atoms with Crippen molar-refractivity contribution in [2.75, 3.05) is 33.9 Å². The maximum absolute atomic E-state index is 12.3. The number of carbonyl (C=O) groups excluding carboxylic acids is 1. The molecule has 0 amide bonds. The molecular weight excluding hydrogens is 434 g/mol. The van der Waals surface area contributed by atoms with Gasteiger partial charge in [-0.1, -0.05) is 107 Å². The van der Waals surface area contributed by atoms with Gasteiger partial charge in [0.15, 0.2) is 6.54 Å². The van der Waals surface area contributed by atoms with E-state index in [1.54, 1.807) is 0 Å². The molecule has 0 N–H and O–H groups in total. The van der Waals surface area contributed by atoms with Gasteiger partial charge in [0.05, 0.1) is 27.3 Å². The Morgan fingerprint density at radius 2 is 1.37 bits per heavy atom. The van der Waals surface area contributed by atoms with E-state index in [9.17, 15) is 4.79 Å². The van der Waals surface area contributed by atoms with Crippen LogP contribution in [0.4, 0.5) is 0 Å². The summed E-state index contributed by atoms with van der Waals surface area (Å²) >= 11 is 0. The largest absolute Gasteiger partial charge is 0.493 e. The number of unbranched alkanes of at least 4 members (excludes halogenated alkanes) is 8. The quantitative estimate of drug-likeness (QED) is 0.119. The van der Waals surface area contributed by atoms with E-state index < -0.39 is 0 Å². The summed E-state index contributed by atoms with van der Waals surface area (Å²) in [5, 5.41) is 0. The second kappa shape index (κ2) is 17.2. The topological polar surface area (TPSA) is 35.5 Å². The number of carbonyl (C=O) groups is 1. The van der Waals surface area contributed by atoms with Crippen LogP contribution in [0.25, 0.3) is 0 Å². The summed E-state index contributed by atoms with van der Waals surface area (Å²) < 4.78 is 12.1. The normalized spacial score (nSPS) is 11.4. The monoisotopic (exact) mass is 482 g/mol. The molecule has 2 aromatic carbocycles. The van der Waals surface area contributed by atoms with Crippen LogP contribution in [-0.2, 0) is 22.5 Å². The minimum atomic E-state index is -0.156. The first-order valence-corrected chi connectivity index (χ1v) is 13.7. The average molecular weight is 483 g/mol. The maximum atomic E-state index is 12.3. The van der Waals surface area contributed by atoms with E-state index in [0.717, 1.165) is 18.7 Å². The fraction of sp³-hybridized carbons (Fsp3) is 0.581. The van der Waals surface area contributed by atoms with E-state index in [1.807, 2.05) is 24.3 Å². The summed E-state index contributed by atoms with van der Waals surface area (Å²) in [5.74, 6) is 0.816. The fourth-order valence-electron chi connectivity index (χ4n) is 4.43. The van der Waals surface area contributed by atoms with Crippen LogP contribution in [0.3, 0.4) is 0 Å². The Morgan fingerprint density at radius 1 is 0.743 bits per heavy atom. The molecule has 0 aromatic heterocycles. The molecule has 0 heterocycles. The summed E-state index contributed by atoms with van der Waals surface area (Å²) in [6.45, 7) is 4.38. The molecule has 4 nitrogen and oxygen atoms in total. The Bertz CT molecular complexity index is 819. The maximum Gasteiger partial charge on any atom is 0.361 e. The van der Waals surface area contributed by atoms with Crippen LogP contribution in [0.1, 0.15) is 82.3 Å². The molecule has 0 saturated carbocycles. The van der Waals surface area contributed by atoms with Gasteiger partial charge in [-0.3, -0.25) is 0 Å². The summed E-state index contributed by atoms with van der Waals surface area (Å²) in [4.78, 5) is 12.3. The Kier molecular flexibility index (Phi) is 14.2. The predicted octanol–water partition coefficient (Wildman–Crippen LogP) is 7.35. The second-order valence-electron chi connectivity index (χ2n) is 10.3. The van der Waals surface area contributed by atoms with Crippen LogP contribution in [-0.4, -0.2) is 44.3 Å². The molecule has 0 atom stereocenters. The molecule has 0 aliphatic carbocycles. The number of hydrogen-bond acceptors (Lipinski definition) is 3. The smallest absolute Gasteiger partial charge is 0.361 e. The Hall–Kier alpha value is -2.33.